The fourth-order valence-electron chi connectivity index (χ4n) is 3.58. The lowest BCUT2D eigenvalue weighted by Gasteiger charge is -2.19. The van der Waals surface area contributed by atoms with Crippen LogP contribution in [0.2, 0.25) is 0 Å². The fraction of sp³-hybridized carbons (Fsp3) is 0.350. The van der Waals surface area contributed by atoms with E-state index in [0.717, 1.165) is 54.0 Å². The summed E-state index contributed by atoms with van der Waals surface area (Å²) in [6.07, 6.45) is 3.81. The third-order valence-corrected chi connectivity index (χ3v) is 4.97. The number of amides is 1. The second-order valence-electron chi connectivity index (χ2n) is 6.94. The van der Waals surface area contributed by atoms with Crippen molar-refractivity contribution in [2.45, 2.75) is 26.7 Å². The Bertz CT molecular complexity index is 968. The molecule has 0 bridgehead atoms. The van der Waals surface area contributed by atoms with Crippen molar-refractivity contribution in [2.75, 3.05) is 18.4 Å². The molecule has 1 aliphatic heterocycles. The molecule has 1 saturated heterocycles. The molecule has 1 N–H and O–H groups in total. The standard InChI is InChI=1S/C20H23N5O/c1-13-6-8-15(9-7-13)22-18-16(20(26)25-10-4-5-11-25)12-21-19-17(18)14(2)23-24(19)3/h6-9,12H,4-5,10-11H2,1-3H3,(H,21,22). The van der Waals surface area contributed by atoms with Crippen molar-refractivity contribution >= 4 is 28.3 Å². The number of fused-ring (bicyclic) bond motifs is 1. The lowest BCUT2D eigenvalue weighted by Crippen LogP contribution is -2.28. The first-order chi connectivity index (χ1) is 12.5. The summed E-state index contributed by atoms with van der Waals surface area (Å²) in [5, 5.41) is 8.86. The molecule has 2 aromatic heterocycles. The van der Waals surface area contributed by atoms with Crippen molar-refractivity contribution in [3.63, 3.8) is 0 Å². The van der Waals surface area contributed by atoms with E-state index >= 15 is 0 Å². The maximum atomic E-state index is 13.1. The zero-order valence-electron chi connectivity index (χ0n) is 15.4. The minimum absolute atomic E-state index is 0.0368. The molecule has 1 aliphatic rings. The van der Waals surface area contributed by atoms with E-state index in [-0.39, 0.29) is 5.91 Å². The van der Waals surface area contributed by atoms with Crippen LogP contribution < -0.4 is 5.32 Å². The largest absolute Gasteiger partial charge is 0.354 e. The normalized spacial score (nSPS) is 14.2. The number of aromatic nitrogens is 3. The van der Waals surface area contributed by atoms with E-state index in [9.17, 15) is 4.79 Å². The molecular formula is C20H23N5O. The molecule has 0 spiro atoms. The third-order valence-electron chi connectivity index (χ3n) is 4.97. The maximum Gasteiger partial charge on any atom is 0.257 e. The Morgan fingerprint density at radius 1 is 1.12 bits per heavy atom. The highest BCUT2D eigenvalue weighted by molar-refractivity contribution is 6.08. The van der Waals surface area contributed by atoms with E-state index in [0.29, 0.717) is 5.56 Å². The average molecular weight is 349 g/mol. The first kappa shape index (κ1) is 16.6. The molecule has 1 amide bonds. The summed E-state index contributed by atoms with van der Waals surface area (Å²) >= 11 is 0. The Morgan fingerprint density at radius 3 is 2.50 bits per heavy atom. The minimum Gasteiger partial charge on any atom is -0.354 e. The van der Waals surface area contributed by atoms with Crippen LogP contribution in [0.4, 0.5) is 11.4 Å². The molecule has 26 heavy (non-hydrogen) atoms. The van der Waals surface area contributed by atoms with Gasteiger partial charge in [-0.15, -0.1) is 0 Å². The first-order valence-corrected chi connectivity index (χ1v) is 9.00. The number of anilines is 2. The van der Waals surface area contributed by atoms with Crippen LogP contribution in [0.15, 0.2) is 30.5 Å². The number of rotatable bonds is 3. The Morgan fingerprint density at radius 2 is 1.81 bits per heavy atom. The van der Waals surface area contributed by atoms with E-state index in [2.05, 4.69) is 34.5 Å². The molecule has 0 saturated carbocycles. The van der Waals surface area contributed by atoms with Gasteiger partial charge in [0.05, 0.1) is 22.3 Å². The molecule has 0 unspecified atom stereocenters. The topological polar surface area (TPSA) is 63.1 Å². The SMILES string of the molecule is Cc1ccc(Nc2c(C(=O)N3CCCC3)cnc3c2c(C)nn3C)cc1. The van der Waals surface area contributed by atoms with Gasteiger partial charge in [-0.2, -0.15) is 5.10 Å². The van der Waals surface area contributed by atoms with Gasteiger partial charge in [0, 0.05) is 32.0 Å². The molecular weight excluding hydrogens is 326 g/mol. The Hall–Kier alpha value is -2.89. The summed E-state index contributed by atoms with van der Waals surface area (Å²) in [5.41, 5.74) is 5.18. The first-order valence-electron chi connectivity index (χ1n) is 9.00. The van der Waals surface area contributed by atoms with Crippen molar-refractivity contribution in [1.29, 1.82) is 0 Å². The maximum absolute atomic E-state index is 13.1. The number of likely N-dealkylation sites (tertiary alicyclic amines) is 1. The van der Waals surface area contributed by atoms with Crippen LogP contribution in [-0.4, -0.2) is 38.7 Å². The molecule has 6 nitrogen and oxygen atoms in total. The number of aryl methyl sites for hydroxylation is 3. The van der Waals surface area contributed by atoms with E-state index < -0.39 is 0 Å². The van der Waals surface area contributed by atoms with Gasteiger partial charge in [-0.1, -0.05) is 17.7 Å². The number of benzene rings is 1. The van der Waals surface area contributed by atoms with Gasteiger partial charge in [0.15, 0.2) is 5.65 Å². The zero-order chi connectivity index (χ0) is 18.3. The van der Waals surface area contributed by atoms with Crippen molar-refractivity contribution in [3.05, 3.63) is 47.3 Å². The van der Waals surface area contributed by atoms with Gasteiger partial charge in [0.2, 0.25) is 0 Å². The number of pyridine rings is 1. The highest BCUT2D eigenvalue weighted by Gasteiger charge is 2.25. The monoisotopic (exact) mass is 349 g/mol. The third kappa shape index (κ3) is 2.81. The highest BCUT2D eigenvalue weighted by Crippen LogP contribution is 2.32. The van der Waals surface area contributed by atoms with Gasteiger partial charge in [-0.3, -0.25) is 9.48 Å². The average Bonchev–Trinajstić information content (AvgIpc) is 3.25. The molecule has 0 aliphatic carbocycles. The van der Waals surface area contributed by atoms with Crippen LogP contribution in [-0.2, 0) is 7.05 Å². The zero-order valence-corrected chi connectivity index (χ0v) is 15.4. The van der Waals surface area contributed by atoms with Crippen LogP contribution >= 0.6 is 0 Å². The van der Waals surface area contributed by atoms with E-state index in [1.165, 1.54) is 5.56 Å². The Balaban J connectivity index is 1.86. The quantitative estimate of drug-likeness (QED) is 0.785. The Labute approximate surface area is 152 Å². The van der Waals surface area contributed by atoms with E-state index in [4.69, 9.17) is 0 Å². The molecule has 6 heteroatoms. The second kappa shape index (κ2) is 6.44. The lowest BCUT2D eigenvalue weighted by atomic mass is 10.1. The van der Waals surface area contributed by atoms with Crippen LogP contribution in [0.25, 0.3) is 11.0 Å². The predicted molar refractivity (Wildman–Crippen MR) is 103 cm³/mol. The number of nitrogens with one attached hydrogen (secondary N) is 1. The fourth-order valence-corrected chi connectivity index (χ4v) is 3.58. The van der Waals surface area contributed by atoms with Crippen LogP contribution in [0.3, 0.4) is 0 Å². The molecule has 134 valence electrons. The number of hydrogen-bond donors (Lipinski definition) is 1. The van der Waals surface area contributed by atoms with Crippen LogP contribution in [0, 0.1) is 13.8 Å². The molecule has 1 aromatic carbocycles. The van der Waals surface area contributed by atoms with E-state index in [1.807, 2.05) is 31.0 Å². The second-order valence-corrected chi connectivity index (χ2v) is 6.94. The van der Waals surface area contributed by atoms with Gasteiger partial charge in [0.1, 0.15) is 0 Å². The molecule has 0 radical (unpaired) electrons. The summed E-state index contributed by atoms with van der Waals surface area (Å²) in [5.74, 6) is 0.0368. The van der Waals surface area contributed by atoms with Gasteiger partial charge >= 0.3 is 0 Å². The van der Waals surface area contributed by atoms with Gasteiger partial charge in [-0.25, -0.2) is 4.98 Å². The molecule has 3 heterocycles. The van der Waals surface area contributed by atoms with Crippen LogP contribution in [0.5, 0.6) is 0 Å². The molecule has 3 aromatic rings. The smallest absolute Gasteiger partial charge is 0.257 e. The number of carbonyl (C=O) groups is 1. The molecule has 0 atom stereocenters. The summed E-state index contributed by atoms with van der Waals surface area (Å²) in [6, 6.07) is 8.16. The van der Waals surface area contributed by atoms with Gasteiger partial charge < -0.3 is 10.2 Å². The van der Waals surface area contributed by atoms with Crippen molar-refractivity contribution in [3.8, 4) is 0 Å². The summed E-state index contributed by atoms with van der Waals surface area (Å²) in [4.78, 5) is 19.5. The highest BCUT2D eigenvalue weighted by atomic mass is 16.2. The number of hydrogen-bond acceptors (Lipinski definition) is 4. The summed E-state index contributed by atoms with van der Waals surface area (Å²) < 4.78 is 1.76. The van der Waals surface area contributed by atoms with Crippen molar-refractivity contribution in [2.24, 2.45) is 7.05 Å². The number of nitrogens with zero attached hydrogens (tertiary/aromatic N) is 4. The van der Waals surface area contributed by atoms with Crippen molar-refractivity contribution < 1.29 is 4.79 Å². The minimum atomic E-state index is 0.0368. The summed E-state index contributed by atoms with van der Waals surface area (Å²) in [7, 11) is 1.87. The van der Waals surface area contributed by atoms with E-state index in [1.54, 1.807) is 10.9 Å². The predicted octanol–water partition coefficient (Wildman–Crippen LogP) is 3.56. The van der Waals surface area contributed by atoms with Crippen molar-refractivity contribution in [1.82, 2.24) is 19.7 Å². The molecule has 1 fully saturated rings. The molecule has 4 rings (SSSR count). The number of carbonyl (C=O) groups excluding carboxylic acids is 1. The Kier molecular flexibility index (Phi) is 4.11. The van der Waals surface area contributed by atoms with Gasteiger partial charge in [-0.05, 0) is 38.8 Å². The van der Waals surface area contributed by atoms with Crippen LogP contribution in [0.1, 0.15) is 34.5 Å². The van der Waals surface area contributed by atoms with Gasteiger partial charge in [0.25, 0.3) is 5.91 Å². The lowest BCUT2D eigenvalue weighted by molar-refractivity contribution is 0.0793. The summed E-state index contributed by atoms with van der Waals surface area (Å²) in [6.45, 7) is 5.64.